The van der Waals surface area contributed by atoms with Gasteiger partial charge in [-0.3, -0.25) is 0 Å². The third kappa shape index (κ3) is 3.24. The van der Waals surface area contributed by atoms with Gasteiger partial charge >= 0.3 is 0 Å². The van der Waals surface area contributed by atoms with Crippen LogP contribution in [0.4, 0.5) is 8.78 Å². The Morgan fingerprint density at radius 3 is 2.73 bits per heavy atom. The Morgan fingerprint density at radius 1 is 1.23 bits per heavy atom. The average Bonchev–Trinajstić information content (AvgIpc) is 3.28. The van der Waals surface area contributed by atoms with E-state index in [1.807, 2.05) is 13.8 Å². The highest BCUT2D eigenvalue weighted by atomic mass is 19.1. The molecule has 0 saturated carbocycles. The van der Waals surface area contributed by atoms with E-state index < -0.39 is 23.0 Å². The molecular weight excluding hydrogens is 344 g/mol. The van der Waals surface area contributed by atoms with E-state index in [0.29, 0.717) is 25.2 Å². The molecule has 3 atom stereocenters. The molecule has 0 radical (unpaired) electrons. The highest BCUT2D eigenvalue weighted by Gasteiger charge is 2.49. The van der Waals surface area contributed by atoms with Crippen molar-refractivity contribution >= 4 is 0 Å². The summed E-state index contributed by atoms with van der Waals surface area (Å²) in [5.74, 6) is -1.85. The van der Waals surface area contributed by atoms with Gasteiger partial charge in [-0.2, -0.15) is 5.10 Å². The highest BCUT2D eigenvalue weighted by Crippen LogP contribution is 2.44. The molecule has 0 aliphatic carbocycles. The van der Waals surface area contributed by atoms with Crippen molar-refractivity contribution in [3.05, 3.63) is 48.1 Å². The van der Waals surface area contributed by atoms with E-state index in [0.717, 1.165) is 6.07 Å². The van der Waals surface area contributed by atoms with Crippen LogP contribution >= 0.6 is 0 Å². The van der Waals surface area contributed by atoms with Gasteiger partial charge < -0.3 is 14.2 Å². The molecule has 26 heavy (non-hydrogen) atoms. The van der Waals surface area contributed by atoms with E-state index in [1.54, 1.807) is 11.0 Å². The zero-order valence-electron chi connectivity index (χ0n) is 14.7. The summed E-state index contributed by atoms with van der Waals surface area (Å²) in [5, 5.41) is 4.12. The molecule has 2 saturated heterocycles. The standard InChI is InChI=1S/C18H21F2N3O3/c1-17(2)24-8-16(26-17)12-6-18(25-7-12,9-23-11-21-10-22-23)14-4-3-13(19)5-15(14)20/h3-5,10-12,16H,6-9H2,1-2H3/t12?,16-,18+/m1/s1. The van der Waals surface area contributed by atoms with Gasteiger partial charge in [-0.05, 0) is 26.3 Å². The molecule has 2 aliphatic heterocycles. The number of hydrogen-bond acceptors (Lipinski definition) is 5. The minimum atomic E-state index is -0.966. The summed E-state index contributed by atoms with van der Waals surface area (Å²) in [7, 11) is 0. The molecule has 4 rings (SSSR count). The fraction of sp³-hybridized carbons (Fsp3) is 0.556. The number of rotatable bonds is 4. The van der Waals surface area contributed by atoms with Crippen molar-refractivity contribution in [3.63, 3.8) is 0 Å². The third-order valence-electron chi connectivity index (χ3n) is 5.03. The minimum Gasteiger partial charge on any atom is -0.368 e. The monoisotopic (exact) mass is 365 g/mol. The van der Waals surface area contributed by atoms with Crippen LogP contribution in [0.5, 0.6) is 0 Å². The summed E-state index contributed by atoms with van der Waals surface area (Å²) in [4.78, 5) is 3.94. The Hall–Kier alpha value is -1.90. The Labute approximate surface area is 150 Å². The summed E-state index contributed by atoms with van der Waals surface area (Å²) in [5.41, 5.74) is -0.651. The van der Waals surface area contributed by atoms with Gasteiger partial charge in [0.05, 0.1) is 25.9 Å². The molecule has 1 aromatic carbocycles. The maximum Gasteiger partial charge on any atom is 0.163 e. The first-order valence-corrected chi connectivity index (χ1v) is 8.61. The predicted octanol–water partition coefficient (Wildman–Crippen LogP) is 2.64. The maximum atomic E-state index is 14.6. The average molecular weight is 365 g/mol. The molecule has 3 heterocycles. The summed E-state index contributed by atoms with van der Waals surface area (Å²) in [6.45, 7) is 4.88. The summed E-state index contributed by atoms with van der Waals surface area (Å²) in [6, 6.07) is 3.57. The van der Waals surface area contributed by atoms with E-state index in [9.17, 15) is 8.78 Å². The second kappa shape index (κ2) is 6.37. The van der Waals surface area contributed by atoms with Crippen molar-refractivity contribution in [1.82, 2.24) is 14.8 Å². The normalized spacial score (nSPS) is 30.8. The van der Waals surface area contributed by atoms with Crippen LogP contribution in [0.15, 0.2) is 30.9 Å². The Bertz CT molecular complexity index is 784. The SMILES string of the molecule is CC1(C)OC[C@H](C2CO[C@@](Cn3cncn3)(c3ccc(F)cc3F)C2)O1. The van der Waals surface area contributed by atoms with E-state index in [2.05, 4.69) is 10.1 Å². The van der Waals surface area contributed by atoms with Gasteiger partial charge in [0.25, 0.3) is 0 Å². The van der Waals surface area contributed by atoms with Gasteiger partial charge in [0, 0.05) is 17.5 Å². The van der Waals surface area contributed by atoms with Gasteiger partial charge in [-0.15, -0.1) is 0 Å². The van der Waals surface area contributed by atoms with Gasteiger partial charge in [-0.1, -0.05) is 6.07 Å². The Kier molecular flexibility index (Phi) is 4.29. The third-order valence-corrected chi connectivity index (χ3v) is 5.03. The molecule has 6 nitrogen and oxygen atoms in total. The number of aromatic nitrogens is 3. The number of benzene rings is 1. The number of halogens is 2. The number of ether oxygens (including phenoxy) is 3. The van der Waals surface area contributed by atoms with Crippen LogP contribution in [0.3, 0.4) is 0 Å². The molecular formula is C18H21F2N3O3. The van der Waals surface area contributed by atoms with Crippen LogP contribution in [0.25, 0.3) is 0 Å². The van der Waals surface area contributed by atoms with Crippen LogP contribution in [-0.2, 0) is 26.4 Å². The zero-order chi connectivity index (χ0) is 18.4. The molecule has 0 amide bonds. The lowest BCUT2D eigenvalue weighted by Gasteiger charge is -2.30. The molecule has 0 N–H and O–H groups in total. The van der Waals surface area contributed by atoms with Crippen molar-refractivity contribution in [3.8, 4) is 0 Å². The Balaban J connectivity index is 1.64. The molecule has 1 aromatic heterocycles. The summed E-state index contributed by atoms with van der Waals surface area (Å²) >= 11 is 0. The lowest BCUT2D eigenvalue weighted by Crippen LogP contribution is -2.33. The molecule has 1 unspecified atom stereocenters. The lowest BCUT2D eigenvalue weighted by atomic mass is 9.85. The molecule has 0 bridgehead atoms. The molecule has 0 spiro atoms. The van der Waals surface area contributed by atoms with Crippen molar-refractivity contribution in [2.24, 2.45) is 5.92 Å². The van der Waals surface area contributed by atoms with Crippen molar-refractivity contribution in [1.29, 1.82) is 0 Å². The van der Waals surface area contributed by atoms with E-state index in [1.165, 1.54) is 18.5 Å². The molecule has 8 heteroatoms. The van der Waals surface area contributed by atoms with E-state index in [4.69, 9.17) is 14.2 Å². The molecule has 140 valence electrons. The van der Waals surface area contributed by atoms with Gasteiger partial charge in [0.15, 0.2) is 5.79 Å². The van der Waals surface area contributed by atoms with Gasteiger partial charge in [0.2, 0.25) is 0 Å². The smallest absolute Gasteiger partial charge is 0.163 e. The zero-order valence-corrected chi connectivity index (χ0v) is 14.7. The Morgan fingerprint density at radius 2 is 2.08 bits per heavy atom. The molecule has 2 aromatic rings. The van der Waals surface area contributed by atoms with Crippen LogP contribution < -0.4 is 0 Å². The number of nitrogens with zero attached hydrogens (tertiary/aromatic N) is 3. The predicted molar refractivity (Wildman–Crippen MR) is 87.0 cm³/mol. The van der Waals surface area contributed by atoms with Crippen LogP contribution in [0.1, 0.15) is 25.8 Å². The fourth-order valence-corrected chi connectivity index (χ4v) is 3.81. The van der Waals surface area contributed by atoms with Crippen molar-refractivity contribution < 1.29 is 23.0 Å². The van der Waals surface area contributed by atoms with Crippen LogP contribution in [-0.4, -0.2) is 39.9 Å². The van der Waals surface area contributed by atoms with E-state index in [-0.39, 0.29) is 18.6 Å². The first-order chi connectivity index (χ1) is 12.4. The van der Waals surface area contributed by atoms with E-state index >= 15 is 0 Å². The van der Waals surface area contributed by atoms with Crippen molar-refractivity contribution in [2.45, 2.75) is 44.3 Å². The van der Waals surface area contributed by atoms with Crippen LogP contribution in [0, 0.1) is 17.6 Å². The minimum absolute atomic E-state index is 0.0322. The second-order valence-corrected chi connectivity index (χ2v) is 7.35. The maximum absolute atomic E-state index is 14.6. The first kappa shape index (κ1) is 17.5. The van der Waals surface area contributed by atoms with Crippen LogP contribution in [0.2, 0.25) is 0 Å². The quantitative estimate of drug-likeness (QED) is 0.834. The largest absolute Gasteiger partial charge is 0.368 e. The summed E-state index contributed by atoms with van der Waals surface area (Å²) < 4.78 is 47.3. The number of hydrogen-bond donors (Lipinski definition) is 0. The molecule has 2 fully saturated rings. The van der Waals surface area contributed by atoms with Gasteiger partial charge in [-0.25, -0.2) is 18.4 Å². The van der Waals surface area contributed by atoms with Crippen molar-refractivity contribution in [2.75, 3.05) is 13.2 Å². The summed E-state index contributed by atoms with van der Waals surface area (Å²) in [6.07, 6.45) is 3.35. The second-order valence-electron chi connectivity index (χ2n) is 7.35. The topological polar surface area (TPSA) is 58.4 Å². The molecule has 2 aliphatic rings. The fourth-order valence-electron chi connectivity index (χ4n) is 3.81. The first-order valence-electron chi connectivity index (χ1n) is 8.61. The lowest BCUT2D eigenvalue weighted by molar-refractivity contribution is -0.144. The highest BCUT2D eigenvalue weighted by molar-refractivity contribution is 5.27. The van der Waals surface area contributed by atoms with Gasteiger partial charge in [0.1, 0.15) is 29.9 Å².